The van der Waals surface area contributed by atoms with Crippen molar-refractivity contribution in [2.45, 2.75) is 76.5 Å². The molecule has 3 aliphatic heterocycles. The molecule has 0 unspecified atom stereocenters. The summed E-state index contributed by atoms with van der Waals surface area (Å²) in [7, 11) is 0. The Bertz CT molecular complexity index is 1020. The van der Waals surface area contributed by atoms with E-state index >= 15 is 0 Å². The second-order valence-electron chi connectivity index (χ2n) is 10.5. The van der Waals surface area contributed by atoms with Gasteiger partial charge in [-0.05, 0) is 69.3 Å². The zero-order valence-corrected chi connectivity index (χ0v) is 20.4. The molecule has 0 aromatic heterocycles. The van der Waals surface area contributed by atoms with Gasteiger partial charge in [0, 0.05) is 31.6 Å². The first-order valence-corrected chi connectivity index (χ1v) is 13.0. The molecule has 3 heterocycles. The van der Waals surface area contributed by atoms with E-state index in [0.717, 1.165) is 62.0 Å². The van der Waals surface area contributed by atoms with Crippen LogP contribution in [0.2, 0.25) is 0 Å². The van der Waals surface area contributed by atoms with Crippen LogP contribution in [0, 0.1) is 0 Å². The van der Waals surface area contributed by atoms with Crippen molar-refractivity contribution in [3.8, 4) is 0 Å². The minimum Gasteiger partial charge on any atom is -0.333 e. The lowest BCUT2D eigenvalue weighted by atomic mass is 9.84. The van der Waals surface area contributed by atoms with E-state index in [2.05, 4.69) is 39.8 Å². The Morgan fingerprint density at radius 2 is 1.65 bits per heavy atom. The average Bonchev–Trinajstić information content (AvgIpc) is 3.48. The van der Waals surface area contributed by atoms with Crippen LogP contribution in [-0.4, -0.2) is 57.7 Å². The minimum atomic E-state index is -0.340. The van der Waals surface area contributed by atoms with Crippen molar-refractivity contribution in [2.24, 2.45) is 0 Å². The van der Waals surface area contributed by atoms with E-state index < -0.39 is 0 Å². The molecule has 3 saturated heterocycles. The zero-order chi connectivity index (χ0) is 23.5. The Morgan fingerprint density at radius 1 is 0.912 bits per heavy atom. The molecule has 34 heavy (non-hydrogen) atoms. The summed E-state index contributed by atoms with van der Waals surface area (Å²) in [4.78, 5) is 34.0. The van der Waals surface area contributed by atoms with Crippen LogP contribution in [0.15, 0.2) is 54.6 Å². The van der Waals surface area contributed by atoms with Crippen LogP contribution in [0.25, 0.3) is 0 Å². The molecule has 2 aromatic rings. The molecule has 2 amide bonds. The number of nitrogens with zero attached hydrogens (tertiary/aromatic N) is 3. The minimum absolute atomic E-state index is 0.0489. The maximum Gasteiger partial charge on any atom is 0.254 e. The van der Waals surface area contributed by atoms with E-state index in [0.29, 0.717) is 19.5 Å². The van der Waals surface area contributed by atoms with Gasteiger partial charge in [-0.2, -0.15) is 0 Å². The third-order valence-corrected chi connectivity index (χ3v) is 8.27. The predicted octanol–water partition coefficient (Wildman–Crippen LogP) is 4.86. The smallest absolute Gasteiger partial charge is 0.254 e. The zero-order valence-electron chi connectivity index (χ0n) is 20.4. The van der Waals surface area contributed by atoms with Crippen LogP contribution in [0.1, 0.15) is 73.4 Å². The summed E-state index contributed by atoms with van der Waals surface area (Å²) >= 11 is 0. The third-order valence-electron chi connectivity index (χ3n) is 8.27. The Kier molecular flexibility index (Phi) is 6.73. The molecule has 180 valence electrons. The fourth-order valence-corrected chi connectivity index (χ4v) is 6.30. The van der Waals surface area contributed by atoms with Gasteiger partial charge in [0.15, 0.2) is 0 Å². The van der Waals surface area contributed by atoms with Gasteiger partial charge in [0.25, 0.3) is 5.91 Å². The van der Waals surface area contributed by atoms with Gasteiger partial charge < -0.3 is 9.80 Å². The number of carbonyl (C=O) groups is 2. The molecule has 0 spiro atoms. The van der Waals surface area contributed by atoms with Crippen LogP contribution in [0.4, 0.5) is 0 Å². The highest BCUT2D eigenvalue weighted by molar-refractivity contribution is 5.96. The maximum atomic E-state index is 14.0. The number of carbonyl (C=O) groups excluding carboxylic acids is 2. The van der Waals surface area contributed by atoms with E-state index in [1.807, 2.05) is 36.4 Å². The summed E-state index contributed by atoms with van der Waals surface area (Å²) in [5.74, 6) is 0.357. The first-order valence-electron chi connectivity index (χ1n) is 13.0. The van der Waals surface area contributed by atoms with Gasteiger partial charge >= 0.3 is 0 Å². The van der Waals surface area contributed by atoms with Gasteiger partial charge in [0.1, 0.15) is 0 Å². The van der Waals surface area contributed by atoms with Crippen LogP contribution >= 0.6 is 0 Å². The third kappa shape index (κ3) is 4.50. The van der Waals surface area contributed by atoms with Crippen molar-refractivity contribution >= 4 is 11.8 Å². The molecule has 0 saturated carbocycles. The lowest BCUT2D eigenvalue weighted by molar-refractivity contribution is -0.140. The fraction of sp³-hybridized carbons (Fsp3) is 0.517. The quantitative estimate of drug-likeness (QED) is 0.642. The lowest BCUT2D eigenvalue weighted by Crippen LogP contribution is -2.58. The Hall–Kier alpha value is -2.66. The van der Waals surface area contributed by atoms with Gasteiger partial charge in [-0.3, -0.25) is 14.5 Å². The summed E-state index contributed by atoms with van der Waals surface area (Å²) in [5.41, 5.74) is 2.78. The molecule has 5 nitrogen and oxygen atoms in total. The lowest BCUT2D eigenvalue weighted by Gasteiger charge is -2.45. The summed E-state index contributed by atoms with van der Waals surface area (Å²) in [5, 5.41) is 0. The molecule has 0 aliphatic carbocycles. The molecule has 0 radical (unpaired) electrons. The normalized spacial score (nSPS) is 25.8. The van der Waals surface area contributed by atoms with Gasteiger partial charge in [0.2, 0.25) is 5.91 Å². The monoisotopic (exact) mass is 459 g/mol. The second kappa shape index (κ2) is 9.91. The number of fused-ring (bicyclic) bond motifs is 1. The van der Waals surface area contributed by atoms with Gasteiger partial charge in [0.05, 0.1) is 11.6 Å². The van der Waals surface area contributed by atoms with E-state index in [4.69, 9.17) is 0 Å². The Balaban J connectivity index is 1.42. The largest absolute Gasteiger partial charge is 0.333 e. The standard InChI is InChI=1S/C29H37N3O2/c1-29-17-20-31(28(34)25-14-6-5-13-24(25)22-30-18-9-10-19-30)26(29)15-7-8-16-27(33)32(29)21-23-11-3-2-4-12-23/h2-6,11-14,26H,7-10,15-22H2,1H3/t26-,29-/m0/s1. The molecule has 5 heteroatoms. The van der Waals surface area contributed by atoms with Crippen molar-refractivity contribution in [3.05, 3.63) is 71.3 Å². The Morgan fingerprint density at radius 3 is 2.44 bits per heavy atom. The Labute approximate surface area is 203 Å². The molecule has 5 rings (SSSR count). The summed E-state index contributed by atoms with van der Waals surface area (Å²) < 4.78 is 0. The highest BCUT2D eigenvalue weighted by Gasteiger charge is 2.51. The number of benzene rings is 2. The molecular weight excluding hydrogens is 422 g/mol. The van der Waals surface area contributed by atoms with Crippen LogP contribution in [0.5, 0.6) is 0 Å². The van der Waals surface area contributed by atoms with Crippen molar-refractivity contribution < 1.29 is 9.59 Å². The van der Waals surface area contributed by atoms with Crippen molar-refractivity contribution in [2.75, 3.05) is 19.6 Å². The summed E-state index contributed by atoms with van der Waals surface area (Å²) in [6.45, 7) is 6.60. The molecule has 2 atom stereocenters. The number of rotatable bonds is 5. The first kappa shape index (κ1) is 23.1. The SMILES string of the molecule is C[C@]12CCN(C(=O)c3ccccc3CN3CCCC3)[C@H]1CCCCC(=O)N2Cc1ccccc1. The highest BCUT2D eigenvalue weighted by Crippen LogP contribution is 2.40. The highest BCUT2D eigenvalue weighted by atomic mass is 16.2. The molecule has 3 fully saturated rings. The van der Waals surface area contributed by atoms with Crippen LogP contribution < -0.4 is 0 Å². The van der Waals surface area contributed by atoms with E-state index in [1.165, 1.54) is 12.8 Å². The van der Waals surface area contributed by atoms with Crippen molar-refractivity contribution in [1.82, 2.24) is 14.7 Å². The maximum absolute atomic E-state index is 14.0. The van der Waals surface area contributed by atoms with E-state index in [1.54, 1.807) is 0 Å². The average molecular weight is 460 g/mol. The summed E-state index contributed by atoms with van der Waals surface area (Å²) in [6.07, 6.45) is 6.75. The second-order valence-corrected chi connectivity index (χ2v) is 10.5. The molecular formula is C29H37N3O2. The van der Waals surface area contributed by atoms with E-state index in [9.17, 15) is 9.59 Å². The first-order chi connectivity index (χ1) is 16.6. The van der Waals surface area contributed by atoms with Crippen molar-refractivity contribution in [3.63, 3.8) is 0 Å². The number of likely N-dealkylation sites (tertiary alicyclic amines) is 3. The van der Waals surface area contributed by atoms with Crippen LogP contribution in [0.3, 0.4) is 0 Å². The van der Waals surface area contributed by atoms with Gasteiger partial charge in [-0.1, -0.05) is 55.0 Å². The number of hydrogen-bond donors (Lipinski definition) is 0. The van der Waals surface area contributed by atoms with E-state index in [-0.39, 0.29) is 23.4 Å². The number of amides is 2. The predicted molar refractivity (Wildman–Crippen MR) is 134 cm³/mol. The van der Waals surface area contributed by atoms with Gasteiger partial charge in [-0.15, -0.1) is 0 Å². The van der Waals surface area contributed by atoms with Crippen molar-refractivity contribution in [1.29, 1.82) is 0 Å². The molecule has 2 aromatic carbocycles. The van der Waals surface area contributed by atoms with Gasteiger partial charge in [-0.25, -0.2) is 0 Å². The summed E-state index contributed by atoms with van der Waals surface area (Å²) in [6, 6.07) is 18.5. The topological polar surface area (TPSA) is 43.9 Å². The fourth-order valence-electron chi connectivity index (χ4n) is 6.30. The molecule has 3 aliphatic rings. The molecule has 0 N–H and O–H groups in total. The number of hydrogen-bond acceptors (Lipinski definition) is 3. The molecule has 0 bridgehead atoms. The van der Waals surface area contributed by atoms with Crippen LogP contribution in [-0.2, 0) is 17.9 Å².